The first-order valence-electron chi connectivity index (χ1n) is 8.58. The maximum atomic E-state index is 12.6. The normalized spacial score (nSPS) is 12.9. The number of carbonyl (C=O) groups is 1. The fourth-order valence-corrected chi connectivity index (χ4v) is 3.93. The highest BCUT2D eigenvalue weighted by Crippen LogP contribution is 2.39. The van der Waals surface area contributed by atoms with Gasteiger partial charge in [0.15, 0.2) is 5.01 Å². The topological polar surface area (TPSA) is 71.1 Å². The third kappa shape index (κ3) is 2.88. The molecule has 1 N–H and O–H groups in total. The van der Waals surface area contributed by atoms with E-state index in [-0.39, 0.29) is 11.9 Å². The van der Waals surface area contributed by atoms with E-state index in [2.05, 4.69) is 15.2 Å². The van der Waals surface area contributed by atoms with E-state index in [0.29, 0.717) is 11.6 Å². The van der Waals surface area contributed by atoms with Crippen LogP contribution >= 0.6 is 11.3 Å². The lowest BCUT2D eigenvalue weighted by Crippen LogP contribution is -2.32. The minimum Gasteiger partial charge on any atom is -0.492 e. The number of hydrogen-bond donors (Lipinski definition) is 1. The number of benzene rings is 1. The van der Waals surface area contributed by atoms with Crippen LogP contribution in [0, 0.1) is 0 Å². The molecule has 1 aliphatic rings. The lowest BCUT2D eigenvalue weighted by Gasteiger charge is -2.19. The van der Waals surface area contributed by atoms with Crippen molar-refractivity contribution in [2.45, 2.75) is 26.3 Å². The van der Waals surface area contributed by atoms with E-state index in [4.69, 9.17) is 4.74 Å². The SMILES string of the molecule is CC(C)N(C)C(=O)c1nc2c(s1)CCOc1cc(-c3cn[nH]c3)ccc1-2. The molecule has 0 atom stereocenters. The lowest BCUT2D eigenvalue weighted by atomic mass is 10.0. The summed E-state index contributed by atoms with van der Waals surface area (Å²) in [6, 6.07) is 6.20. The zero-order valence-corrected chi connectivity index (χ0v) is 15.8. The second-order valence-corrected chi connectivity index (χ2v) is 7.68. The van der Waals surface area contributed by atoms with Crippen molar-refractivity contribution >= 4 is 17.2 Å². The largest absolute Gasteiger partial charge is 0.492 e. The summed E-state index contributed by atoms with van der Waals surface area (Å²) in [5, 5.41) is 7.37. The number of nitrogens with one attached hydrogen (secondary N) is 1. The van der Waals surface area contributed by atoms with E-state index in [1.807, 2.05) is 45.3 Å². The van der Waals surface area contributed by atoms with Gasteiger partial charge in [-0.2, -0.15) is 5.10 Å². The van der Waals surface area contributed by atoms with E-state index in [1.54, 1.807) is 11.1 Å². The summed E-state index contributed by atoms with van der Waals surface area (Å²) in [5.74, 6) is 0.763. The zero-order valence-electron chi connectivity index (χ0n) is 14.9. The van der Waals surface area contributed by atoms with Crippen molar-refractivity contribution < 1.29 is 9.53 Å². The van der Waals surface area contributed by atoms with E-state index in [1.165, 1.54) is 11.3 Å². The van der Waals surface area contributed by atoms with Crippen molar-refractivity contribution in [3.05, 3.63) is 40.5 Å². The van der Waals surface area contributed by atoms with Gasteiger partial charge in [0.25, 0.3) is 5.91 Å². The summed E-state index contributed by atoms with van der Waals surface area (Å²) in [4.78, 5) is 20.1. The molecule has 4 rings (SSSR count). The number of nitrogens with zero attached hydrogens (tertiary/aromatic N) is 3. The van der Waals surface area contributed by atoms with Crippen molar-refractivity contribution in [3.63, 3.8) is 0 Å². The Morgan fingerprint density at radius 1 is 1.35 bits per heavy atom. The third-order valence-corrected chi connectivity index (χ3v) is 5.73. The number of aromatic nitrogens is 3. The van der Waals surface area contributed by atoms with E-state index in [9.17, 15) is 4.79 Å². The lowest BCUT2D eigenvalue weighted by molar-refractivity contribution is 0.0754. The first-order valence-corrected chi connectivity index (χ1v) is 9.39. The number of thiazole rings is 1. The van der Waals surface area contributed by atoms with E-state index >= 15 is 0 Å². The van der Waals surface area contributed by atoms with Crippen molar-refractivity contribution in [1.29, 1.82) is 0 Å². The number of H-pyrrole nitrogens is 1. The quantitative estimate of drug-likeness (QED) is 0.766. The maximum Gasteiger partial charge on any atom is 0.282 e. The number of carbonyl (C=O) groups excluding carboxylic acids is 1. The first-order chi connectivity index (χ1) is 12.5. The zero-order chi connectivity index (χ0) is 18.3. The summed E-state index contributed by atoms with van der Waals surface area (Å²) >= 11 is 1.47. The van der Waals surface area contributed by atoms with Gasteiger partial charge in [0.2, 0.25) is 0 Å². The average molecular weight is 368 g/mol. The molecular weight excluding hydrogens is 348 g/mol. The van der Waals surface area contributed by atoms with Gasteiger partial charge in [-0.15, -0.1) is 11.3 Å². The molecule has 7 heteroatoms. The van der Waals surface area contributed by atoms with E-state index < -0.39 is 0 Å². The molecule has 134 valence electrons. The molecule has 6 nitrogen and oxygen atoms in total. The molecule has 1 aliphatic heterocycles. The number of rotatable bonds is 3. The number of hydrogen-bond acceptors (Lipinski definition) is 5. The minimum absolute atomic E-state index is 0.0319. The maximum absolute atomic E-state index is 12.6. The van der Waals surface area contributed by atoms with Gasteiger partial charge in [0, 0.05) is 41.7 Å². The second kappa shape index (κ2) is 6.57. The molecule has 0 unspecified atom stereocenters. The first kappa shape index (κ1) is 16.8. The van der Waals surface area contributed by atoms with Gasteiger partial charge >= 0.3 is 0 Å². The molecule has 0 radical (unpaired) electrons. The standard InChI is InChI=1S/C19H20N4O2S/c1-11(2)23(3)19(24)18-22-17-14-5-4-12(13-9-20-21-10-13)8-15(14)25-7-6-16(17)26-18/h4-5,8-11H,6-7H2,1-3H3,(H,20,21). The fourth-order valence-electron chi connectivity index (χ4n) is 2.89. The molecule has 26 heavy (non-hydrogen) atoms. The number of fused-ring (bicyclic) bond motifs is 3. The highest BCUT2D eigenvalue weighted by molar-refractivity contribution is 7.14. The number of ether oxygens (including phenoxy) is 1. The van der Waals surface area contributed by atoms with Crippen LogP contribution < -0.4 is 4.74 Å². The highest BCUT2D eigenvalue weighted by atomic mass is 32.1. The highest BCUT2D eigenvalue weighted by Gasteiger charge is 2.25. The summed E-state index contributed by atoms with van der Waals surface area (Å²) in [7, 11) is 1.81. The number of amides is 1. The summed E-state index contributed by atoms with van der Waals surface area (Å²) in [6.07, 6.45) is 4.39. The van der Waals surface area contributed by atoms with Crippen LogP contribution in [0.2, 0.25) is 0 Å². The molecule has 0 aliphatic carbocycles. The number of aromatic amines is 1. The van der Waals surface area contributed by atoms with E-state index in [0.717, 1.165) is 39.4 Å². The minimum atomic E-state index is -0.0319. The Morgan fingerprint density at radius 2 is 2.19 bits per heavy atom. The smallest absolute Gasteiger partial charge is 0.282 e. The molecule has 1 aromatic carbocycles. The fraction of sp³-hybridized carbons (Fsp3) is 0.316. The molecule has 0 saturated carbocycles. The van der Waals surface area contributed by atoms with Crippen LogP contribution in [0.1, 0.15) is 28.5 Å². The average Bonchev–Trinajstić information content (AvgIpc) is 3.28. The Bertz CT molecular complexity index is 947. The van der Waals surface area contributed by atoms with Crippen molar-refractivity contribution in [2.75, 3.05) is 13.7 Å². The molecule has 3 heterocycles. The van der Waals surface area contributed by atoms with Gasteiger partial charge in [0.1, 0.15) is 5.75 Å². The molecule has 1 amide bonds. The molecule has 0 fully saturated rings. The Balaban J connectivity index is 1.74. The molecule has 0 spiro atoms. The van der Waals surface area contributed by atoms with Gasteiger partial charge in [-0.05, 0) is 31.5 Å². The van der Waals surface area contributed by atoms with Crippen LogP contribution in [0.25, 0.3) is 22.4 Å². The van der Waals surface area contributed by atoms with Gasteiger partial charge in [0.05, 0.1) is 18.5 Å². The predicted octanol–water partition coefficient (Wildman–Crippen LogP) is 3.62. The van der Waals surface area contributed by atoms with Gasteiger partial charge < -0.3 is 9.64 Å². The van der Waals surface area contributed by atoms with Gasteiger partial charge in [-0.25, -0.2) is 4.98 Å². The van der Waals surface area contributed by atoms with Crippen molar-refractivity contribution in [1.82, 2.24) is 20.1 Å². The summed E-state index contributed by atoms with van der Waals surface area (Å²) in [6.45, 7) is 4.57. The second-order valence-electron chi connectivity index (χ2n) is 6.60. The molecule has 3 aromatic rings. The van der Waals surface area contributed by atoms with Gasteiger partial charge in [-0.3, -0.25) is 9.89 Å². The van der Waals surface area contributed by atoms with Crippen molar-refractivity contribution in [3.8, 4) is 28.1 Å². The van der Waals surface area contributed by atoms with Gasteiger partial charge in [-0.1, -0.05) is 6.07 Å². The van der Waals surface area contributed by atoms with Crippen molar-refractivity contribution in [2.24, 2.45) is 0 Å². The Morgan fingerprint density at radius 3 is 2.92 bits per heavy atom. The third-order valence-electron chi connectivity index (χ3n) is 4.63. The monoisotopic (exact) mass is 368 g/mol. The predicted molar refractivity (Wildman–Crippen MR) is 102 cm³/mol. The van der Waals surface area contributed by atoms with Crippen LogP contribution in [-0.4, -0.2) is 45.7 Å². The molecule has 0 bridgehead atoms. The summed E-state index contributed by atoms with van der Waals surface area (Å²) < 4.78 is 5.95. The van der Waals surface area contributed by atoms with Crippen LogP contribution in [0.15, 0.2) is 30.6 Å². The van der Waals surface area contributed by atoms with Crippen LogP contribution in [0.4, 0.5) is 0 Å². The van der Waals surface area contributed by atoms with Crippen LogP contribution in [0.5, 0.6) is 5.75 Å². The van der Waals surface area contributed by atoms with Crippen LogP contribution in [-0.2, 0) is 6.42 Å². The Kier molecular flexibility index (Phi) is 4.24. The molecular formula is C19H20N4O2S. The molecule has 0 saturated heterocycles. The Labute approximate surface area is 155 Å². The van der Waals surface area contributed by atoms with Crippen LogP contribution in [0.3, 0.4) is 0 Å². The summed E-state index contributed by atoms with van der Waals surface area (Å²) in [5.41, 5.74) is 3.84. The molecule has 2 aromatic heterocycles. The Hall–Kier alpha value is -2.67.